The third kappa shape index (κ3) is 5.00. The van der Waals surface area contributed by atoms with Crippen LogP contribution in [-0.4, -0.2) is 0 Å². The van der Waals surface area contributed by atoms with Crippen molar-refractivity contribution >= 4 is 33.1 Å². The molecule has 1 heteroatoms. The first-order chi connectivity index (χ1) is 22.2. The molecule has 0 unspecified atom stereocenters. The van der Waals surface area contributed by atoms with E-state index in [2.05, 4.69) is 164 Å². The van der Waals surface area contributed by atoms with Crippen molar-refractivity contribution in [1.82, 2.24) is 0 Å². The molecule has 0 aromatic heterocycles. The molecular weight excluding hydrogens is 564 g/mol. The maximum atomic E-state index is 6.30. The predicted octanol–water partition coefficient (Wildman–Crippen LogP) is 13.0. The normalized spacial score (nSPS) is 11.2. The van der Waals surface area contributed by atoms with Gasteiger partial charge in [-0.05, 0) is 101 Å². The average Bonchev–Trinajstić information content (AvgIpc) is 3.11. The van der Waals surface area contributed by atoms with E-state index in [1.165, 1.54) is 71.8 Å². The summed E-state index contributed by atoms with van der Waals surface area (Å²) in [6.07, 6.45) is 0. The smallest absolute Gasteiger partial charge is 0.0412 e. The highest BCUT2D eigenvalue weighted by Crippen LogP contribution is 2.51. The maximum absolute atomic E-state index is 6.30. The van der Waals surface area contributed by atoms with Crippen LogP contribution in [0.4, 0.5) is 0 Å². The molecule has 0 heterocycles. The molecule has 0 N–H and O–H groups in total. The van der Waals surface area contributed by atoms with Crippen LogP contribution in [0.15, 0.2) is 176 Å². The van der Waals surface area contributed by atoms with E-state index in [0.29, 0.717) is 0 Å². The lowest BCUT2D eigenvalue weighted by Gasteiger charge is -2.24. The summed E-state index contributed by atoms with van der Waals surface area (Å²) in [6.45, 7) is 0. The molecule has 0 atom stereocenters. The van der Waals surface area contributed by atoms with Gasteiger partial charge < -0.3 is 0 Å². The minimum atomic E-state index is 0.754. The van der Waals surface area contributed by atoms with E-state index < -0.39 is 0 Å². The van der Waals surface area contributed by atoms with Gasteiger partial charge in [0.1, 0.15) is 0 Å². The SMILES string of the molecule is Clc1ccc2cc(-c3ccc4c(-c5ccccc5)c(-c5ccccc5)c(-c5ccccc5)c(-c5ccccc5)c4c3)ccc2c1. The molecule has 0 aliphatic rings. The van der Waals surface area contributed by atoms with Crippen LogP contribution in [0, 0.1) is 0 Å². The molecule has 212 valence electrons. The van der Waals surface area contributed by atoms with Crippen molar-refractivity contribution in [1.29, 1.82) is 0 Å². The van der Waals surface area contributed by atoms with Gasteiger partial charge in [0.25, 0.3) is 0 Å². The molecule has 0 radical (unpaired) electrons. The fourth-order valence-electron chi connectivity index (χ4n) is 6.66. The standard InChI is InChI=1S/C44H29Cl/c45-38-25-23-35-27-34(21-22-36(35)28-38)37-24-26-39-40(29-37)42(31-15-7-2-8-16-31)44(33-19-11-4-12-20-33)43(32-17-9-3-10-18-32)41(39)30-13-5-1-6-14-30/h1-29H. The topological polar surface area (TPSA) is 0 Å². The summed E-state index contributed by atoms with van der Waals surface area (Å²) < 4.78 is 0. The quantitative estimate of drug-likeness (QED) is 0.186. The zero-order chi connectivity index (χ0) is 30.2. The highest BCUT2D eigenvalue weighted by atomic mass is 35.5. The second kappa shape index (κ2) is 11.6. The number of benzene rings is 8. The third-order valence-electron chi connectivity index (χ3n) is 8.69. The van der Waals surface area contributed by atoms with Crippen LogP contribution in [0.5, 0.6) is 0 Å². The van der Waals surface area contributed by atoms with E-state index in [4.69, 9.17) is 11.6 Å². The van der Waals surface area contributed by atoms with Crippen molar-refractivity contribution in [2.24, 2.45) is 0 Å². The molecule has 0 saturated carbocycles. The highest BCUT2D eigenvalue weighted by Gasteiger charge is 2.24. The molecular formula is C44H29Cl. The lowest BCUT2D eigenvalue weighted by atomic mass is 9.78. The van der Waals surface area contributed by atoms with Crippen LogP contribution in [0.1, 0.15) is 0 Å². The van der Waals surface area contributed by atoms with Crippen LogP contribution in [0.2, 0.25) is 5.02 Å². The van der Waals surface area contributed by atoms with E-state index in [1.807, 2.05) is 12.1 Å². The van der Waals surface area contributed by atoms with Gasteiger partial charge in [0.15, 0.2) is 0 Å². The lowest BCUT2D eigenvalue weighted by Crippen LogP contribution is -1.97. The van der Waals surface area contributed by atoms with Crippen molar-refractivity contribution in [3.05, 3.63) is 181 Å². The number of hydrogen-bond acceptors (Lipinski definition) is 0. The van der Waals surface area contributed by atoms with Gasteiger partial charge in [-0.3, -0.25) is 0 Å². The largest absolute Gasteiger partial charge is 0.0843 e. The molecule has 0 bridgehead atoms. The van der Waals surface area contributed by atoms with E-state index >= 15 is 0 Å². The van der Waals surface area contributed by atoms with Crippen molar-refractivity contribution in [2.75, 3.05) is 0 Å². The Morgan fingerprint density at radius 1 is 0.267 bits per heavy atom. The van der Waals surface area contributed by atoms with E-state index in [9.17, 15) is 0 Å². The summed E-state index contributed by atoms with van der Waals surface area (Å²) in [7, 11) is 0. The van der Waals surface area contributed by atoms with Crippen molar-refractivity contribution in [3.63, 3.8) is 0 Å². The van der Waals surface area contributed by atoms with Gasteiger partial charge in [-0.2, -0.15) is 0 Å². The maximum Gasteiger partial charge on any atom is 0.0412 e. The summed E-state index contributed by atoms with van der Waals surface area (Å²) in [6, 6.07) is 63.1. The van der Waals surface area contributed by atoms with E-state index in [0.717, 1.165) is 10.4 Å². The number of hydrogen-bond donors (Lipinski definition) is 0. The van der Waals surface area contributed by atoms with Crippen molar-refractivity contribution < 1.29 is 0 Å². The van der Waals surface area contributed by atoms with E-state index in [1.54, 1.807) is 0 Å². The van der Waals surface area contributed by atoms with Crippen molar-refractivity contribution in [2.45, 2.75) is 0 Å². The molecule has 45 heavy (non-hydrogen) atoms. The highest BCUT2D eigenvalue weighted by molar-refractivity contribution is 6.31. The summed E-state index contributed by atoms with van der Waals surface area (Å²) in [4.78, 5) is 0. The fourth-order valence-corrected chi connectivity index (χ4v) is 6.84. The predicted molar refractivity (Wildman–Crippen MR) is 194 cm³/mol. The Kier molecular flexibility index (Phi) is 6.98. The summed E-state index contributed by atoms with van der Waals surface area (Å²) in [5.41, 5.74) is 12.1. The van der Waals surface area contributed by atoms with Gasteiger partial charge in [-0.1, -0.05) is 163 Å². The molecule has 0 amide bonds. The molecule has 0 saturated heterocycles. The lowest BCUT2D eigenvalue weighted by molar-refractivity contribution is 1.56. The van der Waals surface area contributed by atoms with Crippen LogP contribution in [0.3, 0.4) is 0 Å². The fraction of sp³-hybridized carbons (Fsp3) is 0. The van der Waals surface area contributed by atoms with Gasteiger partial charge in [0.2, 0.25) is 0 Å². The number of fused-ring (bicyclic) bond motifs is 2. The Balaban J connectivity index is 1.55. The molecule has 8 rings (SSSR count). The van der Waals surface area contributed by atoms with Crippen LogP contribution in [0.25, 0.3) is 77.2 Å². The number of rotatable bonds is 5. The first kappa shape index (κ1) is 27.1. The van der Waals surface area contributed by atoms with Gasteiger partial charge in [0, 0.05) is 5.02 Å². The van der Waals surface area contributed by atoms with Gasteiger partial charge in [-0.15, -0.1) is 0 Å². The summed E-state index contributed by atoms with van der Waals surface area (Å²) in [5.74, 6) is 0. The van der Waals surface area contributed by atoms with Gasteiger partial charge >= 0.3 is 0 Å². The van der Waals surface area contributed by atoms with Crippen LogP contribution in [-0.2, 0) is 0 Å². The Hall–Kier alpha value is -5.43. The van der Waals surface area contributed by atoms with Crippen LogP contribution >= 0.6 is 11.6 Å². The molecule has 0 aliphatic carbocycles. The Morgan fingerprint density at radius 2 is 0.667 bits per heavy atom. The molecule has 0 nitrogen and oxygen atoms in total. The zero-order valence-corrected chi connectivity index (χ0v) is 25.4. The summed E-state index contributed by atoms with van der Waals surface area (Å²) >= 11 is 6.30. The van der Waals surface area contributed by atoms with Gasteiger partial charge in [-0.25, -0.2) is 0 Å². The molecule has 0 spiro atoms. The Labute approximate surface area is 268 Å². The van der Waals surface area contributed by atoms with Gasteiger partial charge in [0.05, 0.1) is 0 Å². The summed E-state index contributed by atoms with van der Waals surface area (Å²) in [5, 5.41) is 5.53. The minimum Gasteiger partial charge on any atom is -0.0843 e. The molecule has 0 aliphatic heterocycles. The van der Waals surface area contributed by atoms with Crippen LogP contribution < -0.4 is 0 Å². The Bertz CT molecular complexity index is 2290. The molecule has 8 aromatic rings. The first-order valence-electron chi connectivity index (χ1n) is 15.3. The Morgan fingerprint density at radius 3 is 1.20 bits per heavy atom. The number of halogens is 1. The van der Waals surface area contributed by atoms with E-state index in [-0.39, 0.29) is 0 Å². The zero-order valence-electron chi connectivity index (χ0n) is 24.6. The average molecular weight is 593 g/mol. The second-order valence-electron chi connectivity index (χ2n) is 11.4. The third-order valence-corrected chi connectivity index (χ3v) is 8.93. The molecule has 8 aromatic carbocycles. The first-order valence-corrected chi connectivity index (χ1v) is 15.7. The monoisotopic (exact) mass is 592 g/mol. The molecule has 0 fully saturated rings. The minimum absolute atomic E-state index is 0.754. The second-order valence-corrected chi connectivity index (χ2v) is 11.9. The van der Waals surface area contributed by atoms with Crippen molar-refractivity contribution in [3.8, 4) is 55.6 Å².